The van der Waals surface area contributed by atoms with E-state index in [2.05, 4.69) is 15.9 Å². The summed E-state index contributed by atoms with van der Waals surface area (Å²) < 4.78 is 0.962. The van der Waals surface area contributed by atoms with Gasteiger partial charge in [0.1, 0.15) is 0 Å². The lowest BCUT2D eigenvalue weighted by molar-refractivity contribution is -0.125. The molecule has 0 unspecified atom stereocenters. The molecule has 1 saturated heterocycles. The summed E-state index contributed by atoms with van der Waals surface area (Å²) in [4.78, 5) is 26.4. The third kappa shape index (κ3) is 1.93. The van der Waals surface area contributed by atoms with Crippen LogP contribution >= 0.6 is 15.9 Å². The molecule has 1 aliphatic carbocycles. The van der Waals surface area contributed by atoms with Gasteiger partial charge in [-0.1, -0.05) is 28.8 Å². The van der Waals surface area contributed by atoms with Crippen molar-refractivity contribution in [3.05, 3.63) is 28.2 Å². The van der Waals surface area contributed by atoms with Crippen molar-refractivity contribution in [1.29, 1.82) is 0 Å². The number of hydrogen-bond donors (Lipinski definition) is 0. The minimum Gasteiger partial charge on any atom is -0.274 e. The van der Waals surface area contributed by atoms with Crippen molar-refractivity contribution in [2.24, 2.45) is 5.41 Å². The highest BCUT2D eigenvalue weighted by atomic mass is 79.9. The van der Waals surface area contributed by atoms with Crippen LogP contribution in [0.15, 0.2) is 22.7 Å². The number of imide groups is 1. The lowest BCUT2D eigenvalue weighted by Crippen LogP contribution is -2.34. The van der Waals surface area contributed by atoms with Crippen LogP contribution in [0.5, 0.6) is 0 Å². The predicted octanol–water partition coefficient (Wildman–Crippen LogP) is 3.58. The van der Waals surface area contributed by atoms with E-state index >= 15 is 0 Å². The first-order valence-corrected chi connectivity index (χ1v) is 7.46. The van der Waals surface area contributed by atoms with Gasteiger partial charge in [0.15, 0.2) is 0 Å². The molecular formula is C15H16BrNO2. The topological polar surface area (TPSA) is 37.4 Å². The molecule has 0 aromatic heterocycles. The summed E-state index contributed by atoms with van der Waals surface area (Å²) in [5.74, 6) is -0.0299. The molecule has 1 spiro atoms. The molecule has 2 aliphatic rings. The molecule has 1 aromatic rings. The Morgan fingerprint density at radius 2 is 1.89 bits per heavy atom. The second-order valence-corrected chi connectivity index (χ2v) is 6.54. The maximum Gasteiger partial charge on any atom is 0.240 e. The lowest BCUT2D eigenvalue weighted by atomic mass is 9.84. The third-order valence-corrected chi connectivity index (χ3v) is 4.85. The normalized spacial score (nSPS) is 21.7. The minimum atomic E-state index is -0.392. The van der Waals surface area contributed by atoms with Gasteiger partial charge in [-0.15, -0.1) is 0 Å². The van der Waals surface area contributed by atoms with E-state index in [0.29, 0.717) is 6.42 Å². The maximum atomic E-state index is 12.7. The van der Waals surface area contributed by atoms with E-state index < -0.39 is 5.41 Å². The minimum absolute atomic E-state index is 0.0143. The molecule has 0 bridgehead atoms. The summed E-state index contributed by atoms with van der Waals surface area (Å²) >= 11 is 3.41. The summed E-state index contributed by atoms with van der Waals surface area (Å²) in [6.07, 6.45) is 4.24. The van der Waals surface area contributed by atoms with E-state index in [1.807, 2.05) is 25.1 Å². The first-order chi connectivity index (χ1) is 9.03. The van der Waals surface area contributed by atoms with Gasteiger partial charge in [0.25, 0.3) is 0 Å². The van der Waals surface area contributed by atoms with Crippen molar-refractivity contribution in [2.45, 2.75) is 39.0 Å². The van der Waals surface area contributed by atoms with Gasteiger partial charge in [0, 0.05) is 10.9 Å². The molecule has 100 valence electrons. The molecule has 0 N–H and O–H groups in total. The number of hydrogen-bond acceptors (Lipinski definition) is 2. The maximum absolute atomic E-state index is 12.7. The molecule has 1 saturated carbocycles. The first-order valence-electron chi connectivity index (χ1n) is 6.67. The predicted molar refractivity (Wildman–Crippen MR) is 76.9 cm³/mol. The van der Waals surface area contributed by atoms with E-state index in [1.54, 1.807) is 0 Å². The zero-order valence-electron chi connectivity index (χ0n) is 10.9. The van der Waals surface area contributed by atoms with Gasteiger partial charge in [-0.05, 0) is 43.5 Å². The highest BCUT2D eigenvalue weighted by Crippen LogP contribution is 2.48. The molecular weight excluding hydrogens is 306 g/mol. The van der Waals surface area contributed by atoms with E-state index in [9.17, 15) is 9.59 Å². The SMILES string of the molecule is Cc1cc(Br)ccc1N1C(=O)CC2(CCCC2)C1=O. The Kier molecular flexibility index (Phi) is 3.01. The lowest BCUT2D eigenvalue weighted by Gasteiger charge is -2.22. The van der Waals surface area contributed by atoms with Gasteiger partial charge in [0.05, 0.1) is 11.1 Å². The molecule has 3 rings (SSSR count). The van der Waals surface area contributed by atoms with Gasteiger partial charge >= 0.3 is 0 Å². The Bertz CT molecular complexity index is 561. The molecule has 1 aromatic carbocycles. The van der Waals surface area contributed by atoms with Crippen molar-refractivity contribution in [3.8, 4) is 0 Å². The number of rotatable bonds is 1. The Balaban J connectivity index is 2.01. The van der Waals surface area contributed by atoms with Crippen molar-refractivity contribution in [1.82, 2.24) is 0 Å². The number of benzene rings is 1. The molecule has 1 aliphatic heterocycles. The smallest absolute Gasteiger partial charge is 0.240 e. The average molecular weight is 322 g/mol. The number of carbonyl (C=O) groups is 2. The summed E-state index contributed by atoms with van der Waals surface area (Å²) in [5, 5.41) is 0. The zero-order valence-corrected chi connectivity index (χ0v) is 12.5. The van der Waals surface area contributed by atoms with Crippen molar-refractivity contribution in [3.63, 3.8) is 0 Å². The van der Waals surface area contributed by atoms with Crippen LogP contribution < -0.4 is 4.90 Å². The Labute approximate surface area is 121 Å². The Morgan fingerprint density at radius 3 is 2.53 bits per heavy atom. The van der Waals surface area contributed by atoms with Crippen LogP contribution in [0.1, 0.15) is 37.7 Å². The molecule has 3 nitrogen and oxygen atoms in total. The third-order valence-electron chi connectivity index (χ3n) is 4.36. The van der Waals surface area contributed by atoms with E-state index in [-0.39, 0.29) is 11.8 Å². The van der Waals surface area contributed by atoms with Gasteiger partial charge in [-0.3, -0.25) is 9.59 Å². The molecule has 0 radical (unpaired) electrons. The highest BCUT2D eigenvalue weighted by molar-refractivity contribution is 9.10. The molecule has 2 fully saturated rings. The number of aryl methyl sites for hydroxylation is 1. The van der Waals surface area contributed by atoms with E-state index in [1.165, 1.54) is 4.90 Å². The Hall–Kier alpha value is -1.16. The monoisotopic (exact) mass is 321 g/mol. The fourth-order valence-electron chi connectivity index (χ4n) is 3.35. The van der Waals surface area contributed by atoms with E-state index in [4.69, 9.17) is 0 Å². The quantitative estimate of drug-likeness (QED) is 0.741. The van der Waals surface area contributed by atoms with Gasteiger partial charge in [0.2, 0.25) is 11.8 Å². The van der Waals surface area contributed by atoms with Crippen LogP contribution in [0, 0.1) is 12.3 Å². The van der Waals surface area contributed by atoms with Crippen LogP contribution in [-0.4, -0.2) is 11.8 Å². The average Bonchev–Trinajstić information content (AvgIpc) is 2.89. The second-order valence-electron chi connectivity index (χ2n) is 5.63. The van der Waals surface area contributed by atoms with Gasteiger partial charge in [-0.2, -0.15) is 0 Å². The first kappa shape index (κ1) is 12.9. The fourth-order valence-corrected chi connectivity index (χ4v) is 3.83. The van der Waals surface area contributed by atoms with Crippen molar-refractivity contribution < 1.29 is 9.59 Å². The van der Waals surface area contributed by atoms with Crippen LogP contribution in [0.2, 0.25) is 0 Å². The Morgan fingerprint density at radius 1 is 1.21 bits per heavy atom. The number of carbonyl (C=O) groups excluding carboxylic acids is 2. The molecule has 19 heavy (non-hydrogen) atoms. The summed E-state index contributed by atoms with van der Waals surface area (Å²) in [6.45, 7) is 1.93. The van der Waals surface area contributed by atoms with Crippen LogP contribution in [-0.2, 0) is 9.59 Å². The molecule has 0 atom stereocenters. The second kappa shape index (κ2) is 4.44. The van der Waals surface area contributed by atoms with Crippen molar-refractivity contribution in [2.75, 3.05) is 4.90 Å². The summed E-state index contributed by atoms with van der Waals surface area (Å²) in [6, 6.07) is 5.67. The number of nitrogens with zero attached hydrogens (tertiary/aromatic N) is 1. The largest absolute Gasteiger partial charge is 0.274 e. The fraction of sp³-hybridized carbons (Fsp3) is 0.467. The number of halogens is 1. The highest BCUT2D eigenvalue weighted by Gasteiger charge is 2.53. The van der Waals surface area contributed by atoms with Gasteiger partial charge in [-0.25, -0.2) is 4.90 Å². The van der Waals surface area contributed by atoms with Crippen LogP contribution in [0.25, 0.3) is 0 Å². The molecule has 2 amide bonds. The summed E-state index contributed by atoms with van der Waals surface area (Å²) in [7, 11) is 0. The van der Waals surface area contributed by atoms with E-state index in [0.717, 1.165) is 41.4 Å². The summed E-state index contributed by atoms with van der Waals surface area (Å²) in [5.41, 5.74) is 1.30. The van der Waals surface area contributed by atoms with Crippen LogP contribution in [0.4, 0.5) is 5.69 Å². The standard InChI is InChI=1S/C15H16BrNO2/c1-10-8-11(16)4-5-12(10)17-13(18)9-15(14(17)19)6-2-3-7-15/h4-5,8H,2-3,6-7,9H2,1H3. The molecule has 1 heterocycles. The number of anilines is 1. The number of amides is 2. The zero-order chi connectivity index (χ0) is 13.6. The molecule has 4 heteroatoms. The van der Waals surface area contributed by atoms with Gasteiger partial charge < -0.3 is 0 Å². The van der Waals surface area contributed by atoms with Crippen LogP contribution in [0.3, 0.4) is 0 Å². The van der Waals surface area contributed by atoms with Crippen molar-refractivity contribution >= 4 is 33.4 Å².